The zero-order valence-corrected chi connectivity index (χ0v) is 9.96. The third-order valence-corrected chi connectivity index (χ3v) is 1.99. The molecule has 0 amide bonds. The number of pyridine rings is 1. The minimum absolute atomic E-state index is 0.308. The molecule has 0 radical (unpaired) electrons. The summed E-state index contributed by atoms with van der Waals surface area (Å²) in [7, 11) is 0. The van der Waals surface area contributed by atoms with Crippen LogP contribution in [0.3, 0.4) is 0 Å². The number of rotatable bonds is 1. The predicted octanol–water partition coefficient (Wildman–Crippen LogP) is 2.80. The van der Waals surface area contributed by atoms with Crippen LogP contribution in [0.2, 0.25) is 0 Å². The molecule has 0 aliphatic rings. The van der Waals surface area contributed by atoms with Gasteiger partial charge in [0.25, 0.3) is 0 Å². The van der Waals surface area contributed by atoms with Crippen LogP contribution in [-0.2, 0) is 4.74 Å². The van der Waals surface area contributed by atoms with Crippen molar-refractivity contribution in [2.45, 2.75) is 26.4 Å². The van der Waals surface area contributed by atoms with Gasteiger partial charge in [0.15, 0.2) is 5.69 Å². The molecule has 4 heteroatoms. The molecule has 0 saturated carbocycles. The molecule has 0 spiro atoms. The molecule has 0 saturated heterocycles. The Hall–Kier alpha value is -0.900. The van der Waals surface area contributed by atoms with Crippen molar-refractivity contribution >= 4 is 21.9 Å². The van der Waals surface area contributed by atoms with Crippen molar-refractivity contribution in [2.75, 3.05) is 0 Å². The van der Waals surface area contributed by atoms with E-state index in [9.17, 15) is 4.79 Å². The average Bonchev–Trinajstić information content (AvgIpc) is 2.01. The van der Waals surface area contributed by atoms with E-state index in [1.54, 1.807) is 18.3 Å². The first-order valence-corrected chi connectivity index (χ1v) is 5.03. The number of ether oxygens (including phenoxy) is 1. The van der Waals surface area contributed by atoms with Crippen LogP contribution in [0.5, 0.6) is 0 Å². The molecule has 76 valence electrons. The van der Waals surface area contributed by atoms with Gasteiger partial charge in [-0.05, 0) is 48.8 Å². The normalized spacial score (nSPS) is 11.1. The molecule has 0 unspecified atom stereocenters. The van der Waals surface area contributed by atoms with Crippen LogP contribution in [0.1, 0.15) is 31.3 Å². The van der Waals surface area contributed by atoms with E-state index in [0.29, 0.717) is 10.2 Å². The number of halogens is 1. The maximum atomic E-state index is 11.6. The summed E-state index contributed by atoms with van der Waals surface area (Å²) >= 11 is 3.24. The second-order valence-corrected chi connectivity index (χ2v) is 4.69. The fourth-order valence-corrected chi connectivity index (χ4v) is 1.28. The van der Waals surface area contributed by atoms with Crippen LogP contribution >= 0.6 is 15.9 Å². The quantitative estimate of drug-likeness (QED) is 0.727. The van der Waals surface area contributed by atoms with E-state index in [0.717, 1.165) is 0 Å². The van der Waals surface area contributed by atoms with Crippen LogP contribution < -0.4 is 0 Å². The first kappa shape index (κ1) is 11.2. The van der Waals surface area contributed by atoms with E-state index in [1.807, 2.05) is 20.8 Å². The van der Waals surface area contributed by atoms with Crippen LogP contribution in [-0.4, -0.2) is 16.6 Å². The predicted molar refractivity (Wildman–Crippen MR) is 57.1 cm³/mol. The fourth-order valence-electron chi connectivity index (χ4n) is 0.862. The second kappa shape index (κ2) is 4.09. The zero-order valence-electron chi connectivity index (χ0n) is 8.37. The molecule has 0 aromatic carbocycles. The van der Waals surface area contributed by atoms with E-state index >= 15 is 0 Å². The Morgan fingerprint density at radius 3 is 2.64 bits per heavy atom. The van der Waals surface area contributed by atoms with E-state index in [1.165, 1.54) is 0 Å². The molecule has 1 aromatic rings. The smallest absolute Gasteiger partial charge is 0.358 e. The maximum absolute atomic E-state index is 11.6. The third-order valence-electron chi connectivity index (χ3n) is 1.35. The molecule has 1 aromatic heterocycles. The minimum atomic E-state index is -0.492. The summed E-state index contributed by atoms with van der Waals surface area (Å²) in [5.41, 5.74) is -0.184. The van der Waals surface area contributed by atoms with Gasteiger partial charge in [0.2, 0.25) is 0 Å². The summed E-state index contributed by atoms with van der Waals surface area (Å²) in [5.74, 6) is -0.412. The van der Waals surface area contributed by atoms with Gasteiger partial charge in [-0.25, -0.2) is 9.78 Å². The first-order valence-electron chi connectivity index (χ1n) is 4.24. The Morgan fingerprint density at radius 2 is 2.14 bits per heavy atom. The number of nitrogens with zero attached hydrogens (tertiary/aromatic N) is 1. The molecule has 14 heavy (non-hydrogen) atoms. The van der Waals surface area contributed by atoms with Crippen molar-refractivity contribution in [3.05, 3.63) is 28.5 Å². The first-order chi connectivity index (χ1) is 6.40. The zero-order chi connectivity index (χ0) is 10.8. The fraction of sp³-hybridized carbons (Fsp3) is 0.400. The van der Waals surface area contributed by atoms with Crippen LogP contribution in [0.25, 0.3) is 0 Å². The number of carbonyl (C=O) groups excluding carboxylic acids is 1. The number of hydrogen-bond donors (Lipinski definition) is 0. The molecule has 1 rings (SSSR count). The number of esters is 1. The van der Waals surface area contributed by atoms with Crippen LogP contribution in [0.15, 0.2) is 22.8 Å². The van der Waals surface area contributed by atoms with Crippen molar-refractivity contribution in [3.8, 4) is 0 Å². The molecule has 0 aliphatic carbocycles. The van der Waals surface area contributed by atoms with Gasteiger partial charge >= 0.3 is 5.97 Å². The summed E-state index contributed by atoms with van der Waals surface area (Å²) < 4.78 is 5.82. The van der Waals surface area contributed by atoms with E-state index in [2.05, 4.69) is 20.9 Å². The van der Waals surface area contributed by atoms with E-state index in [-0.39, 0.29) is 0 Å². The number of carbonyl (C=O) groups is 1. The van der Waals surface area contributed by atoms with Gasteiger partial charge in [-0.3, -0.25) is 0 Å². The summed E-state index contributed by atoms with van der Waals surface area (Å²) in [5, 5.41) is 0. The number of aromatic nitrogens is 1. The molecule has 0 aliphatic heterocycles. The lowest BCUT2D eigenvalue weighted by Crippen LogP contribution is -2.24. The minimum Gasteiger partial charge on any atom is -0.455 e. The topological polar surface area (TPSA) is 39.2 Å². The Balaban J connectivity index is 2.86. The molecule has 0 N–H and O–H groups in total. The Morgan fingerprint density at radius 1 is 1.50 bits per heavy atom. The van der Waals surface area contributed by atoms with Crippen molar-refractivity contribution < 1.29 is 9.53 Å². The highest BCUT2D eigenvalue weighted by Crippen LogP contribution is 2.17. The largest absolute Gasteiger partial charge is 0.455 e. The molecule has 0 fully saturated rings. The summed E-state index contributed by atoms with van der Waals surface area (Å²) in [6.07, 6.45) is 1.56. The highest BCUT2D eigenvalue weighted by molar-refractivity contribution is 9.10. The van der Waals surface area contributed by atoms with Gasteiger partial charge in [-0.15, -0.1) is 0 Å². The van der Waals surface area contributed by atoms with Gasteiger partial charge in [-0.2, -0.15) is 0 Å². The summed E-state index contributed by atoms with van der Waals surface area (Å²) in [4.78, 5) is 15.5. The Bertz CT molecular complexity index is 344. The Labute approximate surface area is 91.6 Å². The molecule has 0 bridgehead atoms. The monoisotopic (exact) mass is 257 g/mol. The van der Waals surface area contributed by atoms with Crippen molar-refractivity contribution in [1.29, 1.82) is 0 Å². The highest BCUT2D eigenvalue weighted by Gasteiger charge is 2.20. The molecular weight excluding hydrogens is 246 g/mol. The Kier molecular flexibility index (Phi) is 3.26. The van der Waals surface area contributed by atoms with Crippen LogP contribution in [0.4, 0.5) is 0 Å². The SMILES string of the molecule is CC(C)(C)OC(=O)c1ncccc1Br. The van der Waals surface area contributed by atoms with Gasteiger partial charge in [0, 0.05) is 6.20 Å². The van der Waals surface area contributed by atoms with Gasteiger partial charge in [0.1, 0.15) is 5.60 Å². The van der Waals surface area contributed by atoms with Crippen molar-refractivity contribution in [2.24, 2.45) is 0 Å². The molecule has 0 atom stereocenters. The number of hydrogen-bond acceptors (Lipinski definition) is 3. The van der Waals surface area contributed by atoms with Gasteiger partial charge in [0.05, 0.1) is 4.47 Å². The van der Waals surface area contributed by atoms with Crippen LogP contribution in [0, 0.1) is 0 Å². The van der Waals surface area contributed by atoms with Crippen molar-refractivity contribution in [1.82, 2.24) is 4.98 Å². The summed E-state index contributed by atoms with van der Waals surface area (Å²) in [6.45, 7) is 5.46. The molecule has 3 nitrogen and oxygen atoms in total. The molecule has 1 heterocycles. The summed E-state index contributed by atoms with van der Waals surface area (Å²) in [6, 6.07) is 3.50. The van der Waals surface area contributed by atoms with E-state index < -0.39 is 11.6 Å². The lowest BCUT2D eigenvalue weighted by atomic mass is 10.2. The standard InChI is InChI=1S/C10H12BrNO2/c1-10(2,3)14-9(13)8-7(11)5-4-6-12-8/h4-6H,1-3H3. The highest BCUT2D eigenvalue weighted by atomic mass is 79.9. The average molecular weight is 258 g/mol. The second-order valence-electron chi connectivity index (χ2n) is 3.84. The van der Waals surface area contributed by atoms with Crippen molar-refractivity contribution in [3.63, 3.8) is 0 Å². The van der Waals surface area contributed by atoms with Gasteiger partial charge < -0.3 is 4.74 Å². The molecular formula is C10H12BrNO2. The van der Waals surface area contributed by atoms with Gasteiger partial charge in [-0.1, -0.05) is 0 Å². The maximum Gasteiger partial charge on any atom is 0.358 e. The lowest BCUT2D eigenvalue weighted by Gasteiger charge is -2.19. The van der Waals surface area contributed by atoms with E-state index in [4.69, 9.17) is 4.74 Å². The third kappa shape index (κ3) is 3.10. The lowest BCUT2D eigenvalue weighted by molar-refractivity contribution is 0.00617.